The molecule has 0 radical (unpaired) electrons. The largest absolute Gasteiger partial charge is 0.383 e. The lowest BCUT2D eigenvalue weighted by Crippen LogP contribution is -2.40. The van der Waals surface area contributed by atoms with Crippen molar-refractivity contribution in [1.29, 1.82) is 0 Å². The molecule has 1 fully saturated rings. The third-order valence-corrected chi connectivity index (χ3v) is 4.13. The van der Waals surface area contributed by atoms with Crippen LogP contribution in [0, 0.1) is 5.92 Å². The molecule has 1 heterocycles. The summed E-state index contributed by atoms with van der Waals surface area (Å²) in [6.45, 7) is 10.6. The quantitative estimate of drug-likeness (QED) is 0.316. The molecule has 1 unspecified atom stereocenters. The second-order valence-electron chi connectivity index (χ2n) is 6.20. The summed E-state index contributed by atoms with van der Waals surface area (Å²) >= 11 is 0. The normalized spacial score (nSPS) is 18.6. The van der Waals surface area contributed by atoms with Crippen molar-refractivity contribution in [3.05, 3.63) is 0 Å². The number of ether oxygens (including phenoxy) is 3. The van der Waals surface area contributed by atoms with Crippen molar-refractivity contribution in [2.45, 2.75) is 13.3 Å². The highest BCUT2D eigenvalue weighted by molar-refractivity contribution is 5.80. The highest BCUT2D eigenvalue weighted by Crippen LogP contribution is 2.16. The molecule has 142 valence electrons. The SMILES string of the molecule is CCNC(=NCCN(C)CCOC)N1CCC(COCCOC)C1. The summed E-state index contributed by atoms with van der Waals surface area (Å²) in [6.07, 6.45) is 1.16. The molecule has 0 aliphatic carbocycles. The summed E-state index contributed by atoms with van der Waals surface area (Å²) in [6, 6.07) is 0. The number of aliphatic imine (C=N–C) groups is 1. The van der Waals surface area contributed by atoms with E-state index in [4.69, 9.17) is 19.2 Å². The lowest BCUT2D eigenvalue weighted by molar-refractivity contribution is 0.0536. The second-order valence-corrected chi connectivity index (χ2v) is 6.20. The molecule has 7 nitrogen and oxygen atoms in total. The van der Waals surface area contributed by atoms with Crippen LogP contribution in [-0.4, -0.2) is 103 Å². The maximum absolute atomic E-state index is 5.67. The van der Waals surface area contributed by atoms with Crippen molar-refractivity contribution >= 4 is 5.96 Å². The van der Waals surface area contributed by atoms with E-state index < -0.39 is 0 Å². The topological polar surface area (TPSA) is 58.6 Å². The van der Waals surface area contributed by atoms with E-state index in [1.807, 2.05) is 0 Å². The van der Waals surface area contributed by atoms with Crippen LogP contribution in [-0.2, 0) is 14.2 Å². The summed E-state index contributed by atoms with van der Waals surface area (Å²) in [5.74, 6) is 1.60. The Morgan fingerprint density at radius 3 is 2.71 bits per heavy atom. The smallest absolute Gasteiger partial charge is 0.193 e. The Bertz CT molecular complexity index is 342. The van der Waals surface area contributed by atoms with Crippen LogP contribution in [0.25, 0.3) is 0 Å². The minimum absolute atomic E-state index is 0.579. The Balaban J connectivity index is 2.34. The van der Waals surface area contributed by atoms with Crippen molar-refractivity contribution in [3.63, 3.8) is 0 Å². The summed E-state index contributed by atoms with van der Waals surface area (Å²) in [5.41, 5.74) is 0. The lowest BCUT2D eigenvalue weighted by Gasteiger charge is -2.22. The molecule has 0 amide bonds. The molecule has 1 saturated heterocycles. The van der Waals surface area contributed by atoms with Crippen LogP contribution in [0.2, 0.25) is 0 Å². The van der Waals surface area contributed by atoms with E-state index in [0.29, 0.717) is 19.1 Å². The molecule has 0 aromatic rings. The van der Waals surface area contributed by atoms with Crippen LogP contribution in [0.3, 0.4) is 0 Å². The fraction of sp³-hybridized carbons (Fsp3) is 0.941. The molecule has 1 aliphatic heterocycles. The van der Waals surface area contributed by atoms with E-state index in [-0.39, 0.29) is 0 Å². The lowest BCUT2D eigenvalue weighted by atomic mass is 10.1. The molecule has 0 spiro atoms. The van der Waals surface area contributed by atoms with Crippen molar-refractivity contribution in [2.24, 2.45) is 10.9 Å². The van der Waals surface area contributed by atoms with Gasteiger partial charge >= 0.3 is 0 Å². The Hall–Kier alpha value is -0.890. The number of hydrogen-bond acceptors (Lipinski definition) is 5. The van der Waals surface area contributed by atoms with E-state index in [1.165, 1.54) is 0 Å². The summed E-state index contributed by atoms with van der Waals surface area (Å²) in [4.78, 5) is 9.37. The molecule has 1 aliphatic rings. The number of guanidine groups is 1. The Morgan fingerprint density at radius 2 is 2.00 bits per heavy atom. The van der Waals surface area contributed by atoms with Gasteiger partial charge in [0.25, 0.3) is 0 Å². The zero-order valence-electron chi connectivity index (χ0n) is 15.9. The first-order valence-corrected chi connectivity index (χ1v) is 8.98. The molecule has 7 heteroatoms. The van der Waals surface area contributed by atoms with E-state index >= 15 is 0 Å². The fourth-order valence-corrected chi connectivity index (χ4v) is 2.66. The molecule has 0 bridgehead atoms. The Morgan fingerprint density at radius 1 is 1.21 bits per heavy atom. The van der Waals surface area contributed by atoms with Gasteiger partial charge in [0.15, 0.2) is 5.96 Å². The first-order valence-electron chi connectivity index (χ1n) is 8.98. The molecule has 1 atom stereocenters. The predicted molar refractivity (Wildman–Crippen MR) is 97.7 cm³/mol. The van der Waals surface area contributed by atoms with Crippen LogP contribution in [0.5, 0.6) is 0 Å². The van der Waals surface area contributed by atoms with E-state index in [0.717, 1.165) is 64.9 Å². The number of methoxy groups -OCH3 is 2. The zero-order valence-corrected chi connectivity index (χ0v) is 15.9. The summed E-state index contributed by atoms with van der Waals surface area (Å²) < 4.78 is 15.8. The van der Waals surface area contributed by atoms with Crippen molar-refractivity contribution in [2.75, 3.05) is 87.0 Å². The Kier molecular flexibility index (Phi) is 11.8. The van der Waals surface area contributed by atoms with Crippen molar-refractivity contribution in [1.82, 2.24) is 15.1 Å². The zero-order chi connectivity index (χ0) is 17.6. The van der Waals surface area contributed by atoms with Gasteiger partial charge < -0.3 is 29.3 Å². The first kappa shape index (κ1) is 21.2. The molecule has 1 rings (SSSR count). The number of hydrogen-bond donors (Lipinski definition) is 1. The maximum atomic E-state index is 5.67. The van der Waals surface area contributed by atoms with Gasteiger partial charge in [-0.3, -0.25) is 4.99 Å². The number of nitrogens with zero attached hydrogens (tertiary/aromatic N) is 3. The van der Waals surface area contributed by atoms with Gasteiger partial charge in [0.1, 0.15) is 0 Å². The fourth-order valence-electron chi connectivity index (χ4n) is 2.66. The van der Waals surface area contributed by atoms with E-state index in [1.54, 1.807) is 14.2 Å². The average molecular weight is 345 g/mol. The minimum atomic E-state index is 0.579. The number of likely N-dealkylation sites (tertiary alicyclic amines) is 1. The monoisotopic (exact) mass is 344 g/mol. The third-order valence-electron chi connectivity index (χ3n) is 4.13. The van der Waals surface area contributed by atoms with Gasteiger partial charge in [0, 0.05) is 52.9 Å². The molecular weight excluding hydrogens is 308 g/mol. The molecule has 0 saturated carbocycles. The predicted octanol–water partition coefficient (Wildman–Crippen LogP) is 0.515. The number of likely N-dealkylation sites (N-methyl/N-ethyl adjacent to an activating group) is 1. The van der Waals surface area contributed by atoms with Crippen molar-refractivity contribution < 1.29 is 14.2 Å². The van der Waals surface area contributed by atoms with Crippen LogP contribution >= 0.6 is 0 Å². The average Bonchev–Trinajstić information content (AvgIpc) is 3.05. The number of rotatable bonds is 12. The van der Waals surface area contributed by atoms with Crippen LogP contribution in [0.4, 0.5) is 0 Å². The van der Waals surface area contributed by atoms with Gasteiger partial charge in [0.2, 0.25) is 0 Å². The van der Waals surface area contributed by atoms with Gasteiger partial charge in [-0.15, -0.1) is 0 Å². The summed E-state index contributed by atoms with van der Waals surface area (Å²) in [7, 11) is 5.54. The molecule has 24 heavy (non-hydrogen) atoms. The van der Waals surface area contributed by atoms with Crippen molar-refractivity contribution in [3.8, 4) is 0 Å². The minimum Gasteiger partial charge on any atom is -0.383 e. The number of nitrogens with one attached hydrogen (secondary N) is 1. The van der Waals surface area contributed by atoms with Gasteiger partial charge in [-0.1, -0.05) is 0 Å². The van der Waals surface area contributed by atoms with Gasteiger partial charge in [-0.2, -0.15) is 0 Å². The van der Waals surface area contributed by atoms with Gasteiger partial charge in [-0.05, 0) is 20.4 Å². The molecular formula is C17H36N4O3. The first-order chi connectivity index (χ1) is 11.7. The van der Waals surface area contributed by atoms with E-state index in [2.05, 4.69) is 29.1 Å². The van der Waals surface area contributed by atoms with Gasteiger partial charge in [-0.25, -0.2) is 0 Å². The van der Waals surface area contributed by atoms with E-state index in [9.17, 15) is 0 Å². The molecule has 1 N–H and O–H groups in total. The van der Waals surface area contributed by atoms with Crippen LogP contribution < -0.4 is 5.32 Å². The second kappa shape index (κ2) is 13.4. The summed E-state index contributed by atoms with van der Waals surface area (Å²) in [5, 5.41) is 3.41. The molecule has 0 aromatic carbocycles. The van der Waals surface area contributed by atoms with Crippen LogP contribution in [0.1, 0.15) is 13.3 Å². The maximum Gasteiger partial charge on any atom is 0.193 e. The van der Waals surface area contributed by atoms with Gasteiger partial charge in [0.05, 0.1) is 33.0 Å². The Labute approximate surface area is 147 Å². The van der Waals surface area contributed by atoms with Crippen LogP contribution in [0.15, 0.2) is 4.99 Å². The highest BCUT2D eigenvalue weighted by Gasteiger charge is 2.24. The standard InChI is InChI=1S/C17H36N4O3/c1-5-18-17(19-7-9-20(2)10-11-22-3)21-8-6-16(14-21)15-24-13-12-23-4/h16H,5-15H2,1-4H3,(H,18,19). The third kappa shape index (κ3) is 8.82. The highest BCUT2D eigenvalue weighted by atomic mass is 16.5. The molecule has 0 aromatic heterocycles.